The molecular weight excluding hydrogens is 354 g/mol. The van der Waals surface area contributed by atoms with Gasteiger partial charge in [-0.3, -0.25) is 9.69 Å². The van der Waals surface area contributed by atoms with Crippen molar-refractivity contribution in [2.24, 2.45) is 0 Å². The summed E-state index contributed by atoms with van der Waals surface area (Å²) in [6.45, 7) is 15.1. The van der Waals surface area contributed by atoms with Crippen LogP contribution in [0.1, 0.15) is 0 Å². The van der Waals surface area contributed by atoms with Crippen LogP contribution < -0.4 is 0 Å². The van der Waals surface area contributed by atoms with E-state index in [0.717, 1.165) is 43.5 Å². The molecule has 0 saturated carbocycles. The van der Waals surface area contributed by atoms with E-state index in [4.69, 9.17) is 13.1 Å². The van der Waals surface area contributed by atoms with Crippen LogP contribution in [-0.2, 0) is 0 Å². The number of nitrogens with zero attached hydrogens (tertiary/aromatic N) is 3. The van der Waals surface area contributed by atoms with Crippen molar-refractivity contribution in [1.82, 2.24) is 4.40 Å². The molecule has 0 amide bonds. The summed E-state index contributed by atoms with van der Waals surface area (Å²) in [7, 11) is 0. The molecule has 0 spiro atoms. The molecule has 3 nitrogen and oxygen atoms in total. The molecule has 2 aromatic heterocycles. The Morgan fingerprint density at radius 3 is 2.07 bits per heavy atom. The van der Waals surface area contributed by atoms with Crippen molar-refractivity contribution in [2.45, 2.75) is 0 Å². The molecule has 0 aliphatic carbocycles. The Balaban J connectivity index is 2.04. The first kappa shape index (κ1) is 15.7. The lowest BCUT2D eigenvalue weighted by molar-refractivity contribution is 1.35. The van der Waals surface area contributed by atoms with E-state index >= 15 is 0 Å². The molecule has 0 N–H and O–H groups in total. The summed E-state index contributed by atoms with van der Waals surface area (Å²) < 4.78 is 2.23. The zero-order chi connectivity index (χ0) is 19.5. The van der Waals surface area contributed by atoms with Gasteiger partial charge < -0.3 is 4.40 Å². The van der Waals surface area contributed by atoms with Gasteiger partial charge in [-0.1, -0.05) is 60.7 Å². The SMILES string of the molecule is [C-]#[N+]c1cc2c3c4ccccc4ccc3c3cc4ccccc4n3c2cc1[N+]#[C-]. The van der Waals surface area contributed by atoms with Crippen LogP contribution in [0.2, 0.25) is 0 Å². The lowest BCUT2D eigenvalue weighted by Gasteiger charge is -2.14. The van der Waals surface area contributed by atoms with Gasteiger partial charge in [0.05, 0.1) is 24.2 Å². The Hall–Kier alpha value is -4.34. The maximum absolute atomic E-state index is 7.57. The number of aromatic nitrogens is 1. The van der Waals surface area contributed by atoms with Gasteiger partial charge in [0.25, 0.3) is 0 Å². The van der Waals surface area contributed by atoms with Crippen LogP contribution in [0.25, 0.3) is 58.6 Å². The second kappa shape index (κ2) is 5.58. The molecule has 0 saturated heterocycles. The molecule has 0 radical (unpaired) electrons. The van der Waals surface area contributed by atoms with E-state index in [1.54, 1.807) is 0 Å². The van der Waals surface area contributed by atoms with Crippen LogP contribution in [0, 0.1) is 13.1 Å². The average Bonchev–Trinajstić information content (AvgIpc) is 3.17. The fraction of sp³-hybridized carbons (Fsp3) is 0. The predicted molar refractivity (Wildman–Crippen MR) is 120 cm³/mol. The topological polar surface area (TPSA) is 13.1 Å². The van der Waals surface area contributed by atoms with Crippen LogP contribution in [-0.4, -0.2) is 4.40 Å². The van der Waals surface area contributed by atoms with Gasteiger partial charge in [-0.25, -0.2) is 0 Å². The van der Waals surface area contributed by atoms with Gasteiger partial charge in [0.15, 0.2) is 11.4 Å². The van der Waals surface area contributed by atoms with Crippen LogP contribution >= 0.6 is 0 Å². The Morgan fingerprint density at radius 1 is 0.552 bits per heavy atom. The summed E-state index contributed by atoms with van der Waals surface area (Å²) in [4.78, 5) is 7.26. The molecule has 29 heavy (non-hydrogen) atoms. The van der Waals surface area contributed by atoms with Crippen molar-refractivity contribution in [3.63, 3.8) is 0 Å². The Morgan fingerprint density at radius 2 is 1.24 bits per heavy atom. The molecular formula is C26H13N3. The maximum atomic E-state index is 7.57. The molecule has 0 unspecified atom stereocenters. The molecule has 4 aromatic carbocycles. The first-order valence-electron chi connectivity index (χ1n) is 9.36. The quantitative estimate of drug-likeness (QED) is 0.193. The molecule has 0 atom stereocenters. The number of benzene rings is 4. The van der Waals surface area contributed by atoms with E-state index in [0.29, 0.717) is 11.4 Å². The number of rotatable bonds is 0. The molecule has 6 aromatic rings. The third-order valence-corrected chi connectivity index (χ3v) is 5.76. The number of para-hydroxylation sites is 1. The number of pyridine rings is 1. The van der Waals surface area contributed by atoms with Gasteiger partial charge in [-0.2, -0.15) is 0 Å². The molecule has 0 aliphatic heterocycles. The fourth-order valence-corrected chi connectivity index (χ4v) is 4.52. The van der Waals surface area contributed by atoms with E-state index < -0.39 is 0 Å². The zero-order valence-corrected chi connectivity index (χ0v) is 15.3. The lowest BCUT2D eigenvalue weighted by atomic mass is 9.97. The van der Waals surface area contributed by atoms with Crippen molar-refractivity contribution in [1.29, 1.82) is 0 Å². The normalized spacial score (nSPS) is 11.4. The minimum absolute atomic E-state index is 0.395. The van der Waals surface area contributed by atoms with Crippen LogP contribution in [0.15, 0.2) is 78.9 Å². The largest absolute Gasteiger partial charge is 0.310 e. The van der Waals surface area contributed by atoms with Crippen LogP contribution in [0.4, 0.5) is 11.4 Å². The molecule has 2 heterocycles. The van der Waals surface area contributed by atoms with Crippen molar-refractivity contribution < 1.29 is 0 Å². The van der Waals surface area contributed by atoms with E-state index in [2.05, 4.69) is 62.6 Å². The van der Waals surface area contributed by atoms with E-state index in [9.17, 15) is 0 Å². The van der Waals surface area contributed by atoms with Crippen LogP contribution in [0.5, 0.6) is 0 Å². The first-order chi connectivity index (χ1) is 14.3. The highest BCUT2D eigenvalue weighted by Gasteiger charge is 2.16. The molecule has 0 bridgehead atoms. The van der Waals surface area contributed by atoms with Crippen LogP contribution in [0.3, 0.4) is 0 Å². The summed E-state index contributed by atoms with van der Waals surface area (Å²) in [5.74, 6) is 0. The summed E-state index contributed by atoms with van der Waals surface area (Å²) in [6, 6.07) is 26.9. The third kappa shape index (κ3) is 1.99. The third-order valence-electron chi connectivity index (χ3n) is 5.76. The van der Waals surface area contributed by atoms with Crippen molar-refractivity contribution in [3.05, 3.63) is 102 Å². The Kier molecular flexibility index (Phi) is 3.02. The highest BCUT2D eigenvalue weighted by molar-refractivity contribution is 6.25. The molecule has 0 aliphatic rings. The minimum atomic E-state index is 0.395. The van der Waals surface area contributed by atoms with Crippen molar-refractivity contribution in [2.75, 3.05) is 0 Å². The average molecular weight is 367 g/mol. The Bertz CT molecular complexity index is 1720. The van der Waals surface area contributed by atoms with Gasteiger partial charge in [0, 0.05) is 16.3 Å². The Labute approximate surface area is 166 Å². The highest BCUT2D eigenvalue weighted by atomic mass is 14.9. The maximum Gasteiger partial charge on any atom is 0.196 e. The summed E-state index contributed by atoms with van der Waals surface area (Å²) in [5.41, 5.74) is 3.98. The van der Waals surface area contributed by atoms with E-state index in [1.807, 2.05) is 30.3 Å². The molecule has 3 heteroatoms. The first-order valence-corrected chi connectivity index (χ1v) is 9.36. The number of hydrogen-bond acceptors (Lipinski definition) is 0. The summed E-state index contributed by atoms with van der Waals surface area (Å²) in [6.07, 6.45) is 0. The predicted octanol–water partition coefficient (Wildman–Crippen LogP) is 7.65. The highest BCUT2D eigenvalue weighted by Crippen LogP contribution is 2.42. The number of hydrogen-bond donors (Lipinski definition) is 0. The smallest absolute Gasteiger partial charge is 0.196 e. The summed E-state index contributed by atoms with van der Waals surface area (Å²) >= 11 is 0. The zero-order valence-electron chi connectivity index (χ0n) is 15.3. The van der Waals surface area contributed by atoms with Gasteiger partial charge in [0.2, 0.25) is 0 Å². The summed E-state index contributed by atoms with van der Waals surface area (Å²) in [5, 5.41) is 6.78. The van der Waals surface area contributed by atoms with E-state index in [1.165, 1.54) is 5.39 Å². The van der Waals surface area contributed by atoms with Crippen molar-refractivity contribution in [3.8, 4) is 0 Å². The second-order valence-corrected chi connectivity index (χ2v) is 7.21. The van der Waals surface area contributed by atoms with Gasteiger partial charge in [0.1, 0.15) is 0 Å². The monoisotopic (exact) mass is 367 g/mol. The molecule has 6 rings (SSSR count). The fourth-order valence-electron chi connectivity index (χ4n) is 4.52. The molecule has 132 valence electrons. The lowest BCUT2D eigenvalue weighted by Crippen LogP contribution is -1.91. The standard InChI is InChI=1S/C26H13N3/c1-27-21-14-20-25(15-22(21)28-2)29-23-10-6-4-8-17(23)13-24(29)19-12-11-16-7-3-5-9-18(16)26(19)20/h3-15H. The van der Waals surface area contributed by atoms with Gasteiger partial charge >= 0.3 is 0 Å². The van der Waals surface area contributed by atoms with Gasteiger partial charge in [-0.15, -0.1) is 0 Å². The van der Waals surface area contributed by atoms with E-state index in [-0.39, 0.29) is 0 Å². The van der Waals surface area contributed by atoms with Crippen molar-refractivity contribution >= 4 is 60.2 Å². The second-order valence-electron chi connectivity index (χ2n) is 7.21. The van der Waals surface area contributed by atoms with Gasteiger partial charge in [-0.05, 0) is 39.7 Å². The number of fused-ring (bicyclic) bond motifs is 10. The molecule has 0 fully saturated rings. The minimum Gasteiger partial charge on any atom is -0.310 e.